The molecule has 110 valence electrons. The maximum absolute atomic E-state index is 3.52. The Hall–Kier alpha value is -0.860. The van der Waals surface area contributed by atoms with Gasteiger partial charge in [-0.15, -0.1) is 0 Å². The molecule has 0 amide bonds. The summed E-state index contributed by atoms with van der Waals surface area (Å²) in [5, 5.41) is 3.52. The lowest BCUT2D eigenvalue weighted by Gasteiger charge is -2.26. The van der Waals surface area contributed by atoms with E-state index in [-0.39, 0.29) is 0 Å². The smallest absolute Gasteiger partial charge is 0.0332 e. The van der Waals surface area contributed by atoms with E-state index < -0.39 is 0 Å². The van der Waals surface area contributed by atoms with Crippen LogP contribution in [0.25, 0.3) is 0 Å². The summed E-state index contributed by atoms with van der Waals surface area (Å²) in [7, 11) is 2.10. The number of rotatable bonds is 8. The Kier molecular flexibility index (Phi) is 4.42. The van der Waals surface area contributed by atoms with E-state index >= 15 is 0 Å². The zero-order chi connectivity index (χ0) is 13.9. The van der Waals surface area contributed by atoms with E-state index in [1.54, 1.807) is 0 Å². The van der Waals surface area contributed by atoms with Crippen molar-refractivity contribution in [2.45, 2.75) is 51.1 Å². The second-order valence-corrected chi connectivity index (χ2v) is 6.66. The average Bonchev–Trinajstić information content (AvgIpc) is 3.33. The van der Waals surface area contributed by atoms with Gasteiger partial charge in [-0.3, -0.25) is 0 Å². The highest BCUT2D eigenvalue weighted by atomic mass is 15.2. The van der Waals surface area contributed by atoms with Crippen molar-refractivity contribution in [2.24, 2.45) is 5.92 Å². The molecule has 0 spiro atoms. The van der Waals surface area contributed by atoms with Crippen molar-refractivity contribution in [3.8, 4) is 0 Å². The Morgan fingerprint density at radius 1 is 1.20 bits per heavy atom. The number of hydrogen-bond acceptors (Lipinski definition) is 2. The second kappa shape index (κ2) is 6.28. The fourth-order valence-electron chi connectivity index (χ4n) is 3.22. The fourth-order valence-corrected chi connectivity index (χ4v) is 3.22. The molecule has 0 aromatic heterocycles. The number of nitrogens with one attached hydrogen (secondary N) is 1. The summed E-state index contributed by atoms with van der Waals surface area (Å²) in [6.07, 6.45) is 7.03. The van der Waals surface area contributed by atoms with Crippen molar-refractivity contribution < 1.29 is 0 Å². The van der Waals surface area contributed by atoms with Crippen molar-refractivity contribution in [1.82, 2.24) is 10.2 Å². The molecule has 0 heterocycles. The van der Waals surface area contributed by atoms with Crippen molar-refractivity contribution in [3.63, 3.8) is 0 Å². The largest absolute Gasteiger partial charge is 0.313 e. The van der Waals surface area contributed by atoms with Gasteiger partial charge in [-0.25, -0.2) is 0 Å². The minimum atomic E-state index is 0.497. The molecule has 1 N–H and O–H groups in total. The summed E-state index contributed by atoms with van der Waals surface area (Å²) in [5.74, 6) is 1.02. The lowest BCUT2D eigenvalue weighted by Crippen LogP contribution is -2.32. The maximum atomic E-state index is 3.52. The minimum absolute atomic E-state index is 0.497. The average molecular weight is 272 g/mol. The summed E-state index contributed by atoms with van der Waals surface area (Å²) < 4.78 is 0. The van der Waals surface area contributed by atoms with Crippen LogP contribution in [0.3, 0.4) is 0 Å². The highest BCUT2D eigenvalue weighted by Gasteiger charge is 2.33. The third kappa shape index (κ3) is 3.62. The van der Waals surface area contributed by atoms with Crippen LogP contribution in [0.15, 0.2) is 24.3 Å². The molecule has 3 rings (SSSR count). The van der Waals surface area contributed by atoms with Crippen LogP contribution in [-0.2, 0) is 0 Å². The minimum Gasteiger partial charge on any atom is -0.313 e. The predicted molar refractivity (Wildman–Crippen MR) is 84.9 cm³/mol. The number of aryl methyl sites for hydroxylation is 1. The lowest BCUT2D eigenvalue weighted by atomic mass is 9.98. The Bertz CT molecular complexity index is 435. The molecule has 2 saturated carbocycles. The van der Waals surface area contributed by atoms with Crippen LogP contribution >= 0.6 is 0 Å². The molecule has 0 aliphatic heterocycles. The Morgan fingerprint density at radius 2 is 1.95 bits per heavy atom. The van der Waals surface area contributed by atoms with Crippen molar-refractivity contribution in [2.75, 3.05) is 20.1 Å². The van der Waals surface area contributed by atoms with Gasteiger partial charge in [0, 0.05) is 25.2 Å². The Morgan fingerprint density at radius 3 is 2.55 bits per heavy atom. The summed E-state index contributed by atoms with van der Waals surface area (Å²) in [5.41, 5.74) is 2.88. The molecule has 0 saturated heterocycles. The molecule has 1 unspecified atom stereocenters. The first-order valence-electron chi connectivity index (χ1n) is 8.24. The Balaban J connectivity index is 1.58. The molecule has 0 bridgehead atoms. The topological polar surface area (TPSA) is 15.3 Å². The van der Waals surface area contributed by atoms with Gasteiger partial charge in [0.15, 0.2) is 0 Å². The Labute approximate surface area is 123 Å². The van der Waals surface area contributed by atoms with Gasteiger partial charge in [0.1, 0.15) is 0 Å². The van der Waals surface area contributed by atoms with Crippen LogP contribution in [0, 0.1) is 12.8 Å². The highest BCUT2D eigenvalue weighted by Crippen LogP contribution is 2.35. The highest BCUT2D eigenvalue weighted by molar-refractivity contribution is 5.28. The van der Waals surface area contributed by atoms with E-state index in [0.717, 1.165) is 12.0 Å². The van der Waals surface area contributed by atoms with E-state index in [1.165, 1.54) is 56.3 Å². The molecule has 1 atom stereocenters. The van der Waals surface area contributed by atoms with E-state index in [9.17, 15) is 0 Å². The van der Waals surface area contributed by atoms with Gasteiger partial charge in [0.05, 0.1) is 0 Å². The predicted octanol–water partition coefficient (Wildman–Crippen LogP) is 3.52. The van der Waals surface area contributed by atoms with Crippen LogP contribution < -0.4 is 5.32 Å². The summed E-state index contributed by atoms with van der Waals surface area (Å²) in [4.78, 5) is 2.76. The van der Waals surface area contributed by atoms with Gasteiger partial charge in [0.2, 0.25) is 0 Å². The maximum Gasteiger partial charge on any atom is 0.0332 e. The molecule has 2 heteroatoms. The van der Waals surface area contributed by atoms with E-state index in [4.69, 9.17) is 0 Å². The van der Waals surface area contributed by atoms with Gasteiger partial charge in [-0.05, 0) is 63.1 Å². The van der Waals surface area contributed by atoms with E-state index in [0.29, 0.717) is 6.04 Å². The molecule has 0 radical (unpaired) electrons. The van der Waals surface area contributed by atoms with Crippen molar-refractivity contribution in [3.05, 3.63) is 35.4 Å². The monoisotopic (exact) mass is 272 g/mol. The van der Waals surface area contributed by atoms with Gasteiger partial charge >= 0.3 is 0 Å². The third-order valence-corrected chi connectivity index (χ3v) is 4.87. The zero-order valence-corrected chi connectivity index (χ0v) is 12.9. The third-order valence-electron chi connectivity index (χ3n) is 4.87. The number of benzene rings is 1. The molecule has 2 fully saturated rings. The SMILES string of the molecule is CNC(CCN(CC1CC1)C1CC1)c1ccccc1C. The van der Waals surface area contributed by atoms with Gasteiger partial charge in [-0.2, -0.15) is 0 Å². The summed E-state index contributed by atoms with van der Waals surface area (Å²) in [6, 6.07) is 10.2. The molecule has 2 aliphatic carbocycles. The normalized spacial score (nSPS) is 20.4. The molecule has 2 aliphatic rings. The molecule has 1 aromatic rings. The van der Waals surface area contributed by atoms with Crippen LogP contribution in [0.5, 0.6) is 0 Å². The van der Waals surface area contributed by atoms with E-state index in [1.807, 2.05) is 0 Å². The lowest BCUT2D eigenvalue weighted by molar-refractivity contribution is 0.239. The first-order valence-corrected chi connectivity index (χ1v) is 8.24. The number of nitrogens with zero attached hydrogens (tertiary/aromatic N) is 1. The molecular formula is C18H28N2. The van der Waals surface area contributed by atoms with Crippen LogP contribution in [0.4, 0.5) is 0 Å². The van der Waals surface area contributed by atoms with Crippen LogP contribution in [0.2, 0.25) is 0 Å². The standard InChI is InChI=1S/C18H28N2/c1-14-5-3-4-6-17(14)18(19-2)11-12-20(16-9-10-16)13-15-7-8-15/h3-6,15-16,18-19H,7-13H2,1-2H3. The fraction of sp³-hybridized carbons (Fsp3) is 0.667. The summed E-state index contributed by atoms with van der Waals surface area (Å²) in [6.45, 7) is 4.83. The van der Waals surface area contributed by atoms with Crippen molar-refractivity contribution in [1.29, 1.82) is 0 Å². The molecule has 1 aromatic carbocycles. The van der Waals surface area contributed by atoms with Crippen LogP contribution in [0.1, 0.15) is 49.3 Å². The van der Waals surface area contributed by atoms with Gasteiger partial charge < -0.3 is 10.2 Å². The molecule has 2 nitrogen and oxygen atoms in total. The van der Waals surface area contributed by atoms with Crippen LogP contribution in [-0.4, -0.2) is 31.1 Å². The molecular weight excluding hydrogens is 244 g/mol. The number of hydrogen-bond donors (Lipinski definition) is 1. The zero-order valence-electron chi connectivity index (χ0n) is 12.9. The quantitative estimate of drug-likeness (QED) is 0.779. The van der Waals surface area contributed by atoms with E-state index in [2.05, 4.69) is 48.5 Å². The molecule has 20 heavy (non-hydrogen) atoms. The summed E-state index contributed by atoms with van der Waals surface area (Å²) >= 11 is 0. The first kappa shape index (κ1) is 14.1. The van der Waals surface area contributed by atoms with Crippen molar-refractivity contribution >= 4 is 0 Å². The second-order valence-electron chi connectivity index (χ2n) is 6.66. The van der Waals surface area contributed by atoms with Gasteiger partial charge in [0.25, 0.3) is 0 Å². The first-order chi connectivity index (χ1) is 9.78. The van der Waals surface area contributed by atoms with Gasteiger partial charge in [-0.1, -0.05) is 24.3 Å².